The predicted octanol–water partition coefficient (Wildman–Crippen LogP) is 5.50. The molecule has 9 heteroatoms. The Hall–Kier alpha value is -5.31. The number of ether oxygens (including phenoxy) is 1. The number of carbonyl (C=O) groups excluding carboxylic acids is 2. The summed E-state index contributed by atoms with van der Waals surface area (Å²) in [6, 6.07) is 22.5. The number of carbonyl (C=O) groups is 2. The number of Topliss-reactive ketones (excluding diaryl/α,β-unsaturated/α-hetero) is 1. The van der Waals surface area contributed by atoms with Gasteiger partial charge in [-0.3, -0.25) is 24.7 Å². The molecule has 1 atom stereocenters. The normalized spacial score (nSPS) is 16.2. The van der Waals surface area contributed by atoms with Gasteiger partial charge in [-0.25, -0.2) is 0 Å². The Morgan fingerprint density at radius 1 is 1.02 bits per heavy atom. The Morgan fingerprint density at radius 3 is 2.50 bits per heavy atom. The fourth-order valence-electron chi connectivity index (χ4n) is 4.68. The van der Waals surface area contributed by atoms with Crippen LogP contribution in [-0.4, -0.2) is 31.6 Å². The molecule has 1 N–H and O–H groups in total. The fraction of sp³-hybridized carbons (Fsp3) is 0.129. The smallest absolute Gasteiger partial charge is 0.295 e. The lowest BCUT2D eigenvalue weighted by molar-refractivity contribution is -0.384. The van der Waals surface area contributed by atoms with Gasteiger partial charge in [0.2, 0.25) is 0 Å². The first-order valence-corrected chi connectivity index (χ1v) is 12.5. The Labute approximate surface area is 230 Å². The van der Waals surface area contributed by atoms with Gasteiger partial charge in [0.15, 0.2) is 0 Å². The highest BCUT2D eigenvalue weighted by Crippen LogP contribution is 2.41. The molecule has 5 rings (SSSR count). The van der Waals surface area contributed by atoms with E-state index in [1.54, 1.807) is 54.9 Å². The molecule has 1 aliphatic rings. The maximum Gasteiger partial charge on any atom is 0.295 e. The maximum absolute atomic E-state index is 13.3. The van der Waals surface area contributed by atoms with Crippen LogP contribution in [0.25, 0.3) is 5.76 Å². The summed E-state index contributed by atoms with van der Waals surface area (Å²) in [4.78, 5) is 42.8. The van der Waals surface area contributed by atoms with Crippen molar-refractivity contribution in [3.05, 3.63) is 141 Å². The number of hydrogen-bond acceptors (Lipinski definition) is 7. The molecule has 1 aliphatic heterocycles. The molecule has 0 aliphatic carbocycles. The van der Waals surface area contributed by atoms with Crippen molar-refractivity contribution in [1.29, 1.82) is 0 Å². The number of aromatic nitrogens is 1. The summed E-state index contributed by atoms with van der Waals surface area (Å²) >= 11 is 0. The number of ketones is 1. The third kappa shape index (κ3) is 5.30. The number of amides is 1. The van der Waals surface area contributed by atoms with Crippen LogP contribution in [0.2, 0.25) is 0 Å². The molecule has 0 bridgehead atoms. The minimum Gasteiger partial charge on any atom is -0.507 e. The standard InChI is InChI=1S/C31H25N3O6/c1-20-6-2-3-8-24(20)19-40-26-13-11-22(12-14-26)29(35)27-28(23-9-4-10-25(16-23)34(38)39)33(31(37)30(27)36)18-21-7-5-15-32-17-21/h2-17,28,35H,18-19H2,1H3/b29-27+. The van der Waals surface area contributed by atoms with Crippen molar-refractivity contribution in [3.63, 3.8) is 0 Å². The van der Waals surface area contributed by atoms with E-state index in [1.807, 2.05) is 31.2 Å². The molecule has 9 nitrogen and oxygen atoms in total. The Morgan fingerprint density at radius 2 is 1.80 bits per heavy atom. The molecular formula is C31H25N3O6. The van der Waals surface area contributed by atoms with E-state index in [0.717, 1.165) is 11.1 Å². The van der Waals surface area contributed by atoms with Gasteiger partial charge in [0.25, 0.3) is 17.4 Å². The zero-order valence-electron chi connectivity index (χ0n) is 21.6. The quantitative estimate of drug-likeness (QED) is 0.104. The average Bonchev–Trinajstić information content (AvgIpc) is 3.22. The van der Waals surface area contributed by atoms with Gasteiger partial charge in [-0.15, -0.1) is 0 Å². The van der Waals surface area contributed by atoms with Crippen molar-refractivity contribution in [3.8, 4) is 5.75 Å². The van der Waals surface area contributed by atoms with Crippen molar-refractivity contribution in [2.24, 2.45) is 0 Å². The van der Waals surface area contributed by atoms with Crippen molar-refractivity contribution >= 4 is 23.1 Å². The highest BCUT2D eigenvalue weighted by molar-refractivity contribution is 6.46. The number of nitro groups is 1. The molecule has 0 saturated carbocycles. The molecule has 0 radical (unpaired) electrons. The summed E-state index contributed by atoms with van der Waals surface area (Å²) in [5, 5.41) is 22.8. The molecule has 0 spiro atoms. The topological polar surface area (TPSA) is 123 Å². The monoisotopic (exact) mass is 535 g/mol. The largest absolute Gasteiger partial charge is 0.507 e. The van der Waals surface area contributed by atoms with E-state index in [0.29, 0.717) is 29.0 Å². The van der Waals surface area contributed by atoms with E-state index in [4.69, 9.17) is 4.74 Å². The van der Waals surface area contributed by atoms with Crippen LogP contribution in [0.3, 0.4) is 0 Å². The summed E-state index contributed by atoms with van der Waals surface area (Å²) < 4.78 is 5.88. The number of benzene rings is 3. The van der Waals surface area contributed by atoms with Crippen LogP contribution in [0.5, 0.6) is 5.75 Å². The molecule has 1 saturated heterocycles. The number of likely N-dealkylation sites (tertiary alicyclic amines) is 1. The number of aliphatic hydroxyl groups is 1. The molecule has 4 aromatic rings. The first-order chi connectivity index (χ1) is 19.3. The molecule has 1 aromatic heterocycles. The predicted molar refractivity (Wildman–Crippen MR) is 147 cm³/mol. The lowest BCUT2D eigenvalue weighted by atomic mass is 9.95. The lowest BCUT2D eigenvalue weighted by Crippen LogP contribution is -2.29. The second-order valence-electron chi connectivity index (χ2n) is 9.38. The zero-order chi connectivity index (χ0) is 28.2. The van der Waals surface area contributed by atoms with Gasteiger partial charge >= 0.3 is 0 Å². The van der Waals surface area contributed by atoms with Crippen LogP contribution in [-0.2, 0) is 22.7 Å². The summed E-state index contributed by atoms with van der Waals surface area (Å²) in [5.74, 6) is -1.51. The number of rotatable bonds is 8. The fourth-order valence-corrected chi connectivity index (χ4v) is 4.68. The Kier molecular flexibility index (Phi) is 7.37. The van der Waals surface area contributed by atoms with E-state index in [-0.39, 0.29) is 23.6 Å². The second kappa shape index (κ2) is 11.2. The minimum atomic E-state index is -1.04. The first-order valence-electron chi connectivity index (χ1n) is 12.5. The van der Waals surface area contributed by atoms with E-state index in [2.05, 4.69) is 4.98 Å². The van der Waals surface area contributed by atoms with Gasteiger partial charge in [-0.2, -0.15) is 0 Å². The SMILES string of the molecule is Cc1ccccc1COc1ccc(/C(O)=C2\C(=O)C(=O)N(Cc3cccnc3)C2c2cccc([N+](=O)[O-])c2)cc1. The molecule has 2 heterocycles. The third-order valence-electron chi connectivity index (χ3n) is 6.80. The zero-order valence-corrected chi connectivity index (χ0v) is 21.6. The highest BCUT2D eigenvalue weighted by Gasteiger charge is 2.46. The van der Waals surface area contributed by atoms with Crippen molar-refractivity contribution in [2.45, 2.75) is 26.1 Å². The number of hydrogen-bond donors (Lipinski definition) is 1. The molecular weight excluding hydrogens is 510 g/mol. The first kappa shape index (κ1) is 26.3. The third-order valence-corrected chi connectivity index (χ3v) is 6.80. The number of pyridine rings is 1. The van der Waals surface area contributed by atoms with Crippen LogP contribution in [0.15, 0.2) is 103 Å². The van der Waals surface area contributed by atoms with Crippen molar-refractivity contribution in [2.75, 3.05) is 0 Å². The van der Waals surface area contributed by atoms with Crippen LogP contribution in [0.1, 0.15) is 33.9 Å². The van der Waals surface area contributed by atoms with Gasteiger partial charge in [0.05, 0.1) is 16.5 Å². The van der Waals surface area contributed by atoms with Gasteiger partial charge in [-0.05, 0) is 59.5 Å². The molecule has 1 amide bonds. The van der Waals surface area contributed by atoms with Crippen LogP contribution >= 0.6 is 0 Å². The summed E-state index contributed by atoms with van der Waals surface area (Å²) in [5.41, 5.74) is 3.10. The van der Waals surface area contributed by atoms with Crippen LogP contribution < -0.4 is 4.74 Å². The number of aliphatic hydroxyl groups excluding tert-OH is 1. The highest BCUT2D eigenvalue weighted by atomic mass is 16.6. The summed E-state index contributed by atoms with van der Waals surface area (Å²) in [7, 11) is 0. The molecule has 1 unspecified atom stereocenters. The number of aryl methyl sites for hydroxylation is 1. The Bertz CT molecular complexity index is 1620. The van der Waals surface area contributed by atoms with E-state index < -0.39 is 22.7 Å². The summed E-state index contributed by atoms with van der Waals surface area (Å²) in [6.07, 6.45) is 3.16. The molecule has 1 fully saturated rings. The van der Waals surface area contributed by atoms with E-state index in [9.17, 15) is 24.8 Å². The summed E-state index contributed by atoms with van der Waals surface area (Å²) in [6.45, 7) is 2.39. The molecule has 200 valence electrons. The van der Waals surface area contributed by atoms with Crippen LogP contribution in [0, 0.1) is 17.0 Å². The van der Waals surface area contributed by atoms with Gasteiger partial charge in [0.1, 0.15) is 18.1 Å². The average molecular weight is 536 g/mol. The minimum absolute atomic E-state index is 0.0221. The van der Waals surface area contributed by atoms with E-state index in [1.165, 1.54) is 23.1 Å². The van der Waals surface area contributed by atoms with Crippen molar-refractivity contribution < 1.29 is 24.4 Å². The van der Waals surface area contributed by atoms with Gasteiger partial charge in [0, 0.05) is 36.6 Å². The van der Waals surface area contributed by atoms with Gasteiger partial charge in [-0.1, -0.05) is 42.5 Å². The maximum atomic E-state index is 13.3. The number of nitro benzene ring substituents is 1. The van der Waals surface area contributed by atoms with Crippen molar-refractivity contribution in [1.82, 2.24) is 9.88 Å². The lowest BCUT2D eigenvalue weighted by Gasteiger charge is -2.25. The second-order valence-corrected chi connectivity index (χ2v) is 9.38. The number of nitrogens with zero attached hydrogens (tertiary/aromatic N) is 3. The number of non-ortho nitro benzene ring substituents is 1. The molecule has 40 heavy (non-hydrogen) atoms. The van der Waals surface area contributed by atoms with E-state index >= 15 is 0 Å². The van der Waals surface area contributed by atoms with Crippen LogP contribution in [0.4, 0.5) is 5.69 Å². The Balaban J connectivity index is 1.51. The van der Waals surface area contributed by atoms with Gasteiger partial charge < -0.3 is 14.7 Å². The molecule has 3 aromatic carbocycles.